The SMILES string of the molecule is Cc1cccc(C#Cc2cc3n(c2)CCN(Cc2cccc(C)c2)C3=O)c1. The van der Waals surface area contributed by atoms with E-state index in [1.807, 2.05) is 39.9 Å². The van der Waals surface area contributed by atoms with Gasteiger partial charge in [-0.25, -0.2) is 0 Å². The molecule has 0 unspecified atom stereocenters. The maximum Gasteiger partial charge on any atom is 0.270 e. The first-order valence-corrected chi connectivity index (χ1v) is 9.22. The summed E-state index contributed by atoms with van der Waals surface area (Å²) in [6.45, 7) is 6.31. The smallest absolute Gasteiger partial charge is 0.270 e. The molecule has 27 heavy (non-hydrogen) atoms. The van der Waals surface area contributed by atoms with Crippen molar-refractivity contribution in [2.24, 2.45) is 0 Å². The van der Waals surface area contributed by atoms with E-state index < -0.39 is 0 Å². The Balaban J connectivity index is 1.54. The van der Waals surface area contributed by atoms with Gasteiger partial charge in [-0.1, -0.05) is 53.8 Å². The van der Waals surface area contributed by atoms with Crippen LogP contribution < -0.4 is 0 Å². The lowest BCUT2D eigenvalue weighted by atomic mass is 10.1. The number of hydrogen-bond donors (Lipinski definition) is 0. The number of carbonyl (C=O) groups excluding carboxylic acids is 1. The third-order valence-electron chi connectivity index (χ3n) is 4.84. The summed E-state index contributed by atoms with van der Waals surface area (Å²) >= 11 is 0. The van der Waals surface area contributed by atoms with Crippen molar-refractivity contribution in [3.63, 3.8) is 0 Å². The normalized spacial score (nSPS) is 13.1. The second-order valence-electron chi connectivity index (χ2n) is 7.14. The fourth-order valence-corrected chi connectivity index (χ4v) is 3.48. The molecule has 3 aromatic rings. The van der Waals surface area contributed by atoms with Gasteiger partial charge in [0.15, 0.2) is 0 Å². The molecule has 0 atom stereocenters. The van der Waals surface area contributed by atoms with E-state index in [4.69, 9.17) is 0 Å². The highest BCUT2D eigenvalue weighted by atomic mass is 16.2. The van der Waals surface area contributed by atoms with E-state index in [0.717, 1.165) is 29.9 Å². The Kier molecular flexibility index (Phi) is 4.56. The highest BCUT2D eigenvalue weighted by molar-refractivity contribution is 5.94. The summed E-state index contributed by atoms with van der Waals surface area (Å²) in [5.41, 5.74) is 6.18. The molecule has 2 heterocycles. The van der Waals surface area contributed by atoms with Gasteiger partial charge in [0.05, 0.1) is 0 Å². The molecular weight excluding hydrogens is 332 g/mol. The fourth-order valence-electron chi connectivity index (χ4n) is 3.48. The van der Waals surface area contributed by atoms with Crippen molar-refractivity contribution in [3.8, 4) is 11.8 Å². The van der Waals surface area contributed by atoms with Crippen LogP contribution in [0.25, 0.3) is 0 Å². The summed E-state index contributed by atoms with van der Waals surface area (Å²) in [5.74, 6) is 6.47. The Morgan fingerprint density at radius 1 is 0.889 bits per heavy atom. The fraction of sp³-hybridized carbons (Fsp3) is 0.208. The number of hydrogen-bond acceptors (Lipinski definition) is 1. The van der Waals surface area contributed by atoms with Crippen LogP contribution in [0, 0.1) is 25.7 Å². The molecule has 3 heteroatoms. The topological polar surface area (TPSA) is 25.2 Å². The summed E-state index contributed by atoms with van der Waals surface area (Å²) in [7, 11) is 0. The maximum atomic E-state index is 12.9. The van der Waals surface area contributed by atoms with E-state index >= 15 is 0 Å². The number of aromatic nitrogens is 1. The van der Waals surface area contributed by atoms with Crippen molar-refractivity contribution in [2.45, 2.75) is 26.9 Å². The number of fused-ring (bicyclic) bond motifs is 1. The van der Waals surface area contributed by atoms with Crippen LogP contribution >= 0.6 is 0 Å². The Morgan fingerprint density at radius 3 is 2.41 bits per heavy atom. The van der Waals surface area contributed by atoms with E-state index in [1.165, 1.54) is 16.7 Å². The van der Waals surface area contributed by atoms with Crippen LogP contribution in [-0.2, 0) is 13.1 Å². The largest absolute Gasteiger partial charge is 0.340 e. The number of benzene rings is 2. The van der Waals surface area contributed by atoms with E-state index in [-0.39, 0.29) is 5.91 Å². The maximum absolute atomic E-state index is 12.9. The highest BCUT2D eigenvalue weighted by Gasteiger charge is 2.25. The number of nitrogens with zero attached hydrogens (tertiary/aromatic N) is 2. The molecule has 0 radical (unpaired) electrons. The monoisotopic (exact) mass is 354 g/mol. The molecule has 1 aliphatic heterocycles. The molecule has 0 fully saturated rings. The number of carbonyl (C=O) groups is 1. The standard InChI is InChI=1S/C24H22N2O/c1-18-5-3-7-20(13-18)9-10-22-15-23-24(27)26(12-11-25(23)16-22)17-21-8-4-6-19(2)14-21/h3-8,13-16H,11-12,17H2,1-2H3. The third-order valence-corrected chi connectivity index (χ3v) is 4.84. The van der Waals surface area contributed by atoms with Gasteiger partial charge in [-0.15, -0.1) is 0 Å². The van der Waals surface area contributed by atoms with Crippen LogP contribution in [0.1, 0.15) is 38.3 Å². The Morgan fingerprint density at radius 2 is 1.63 bits per heavy atom. The minimum atomic E-state index is 0.0753. The predicted octanol–water partition coefficient (Wildman–Crippen LogP) is 4.16. The molecule has 134 valence electrons. The molecule has 1 amide bonds. The van der Waals surface area contributed by atoms with Gasteiger partial charge < -0.3 is 9.47 Å². The first kappa shape index (κ1) is 17.2. The molecule has 3 nitrogen and oxygen atoms in total. The van der Waals surface area contributed by atoms with Gasteiger partial charge in [0.2, 0.25) is 0 Å². The first-order valence-electron chi connectivity index (χ1n) is 9.22. The number of rotatable bonds is 2. The molecule has 0 saturated heterocycles. The van der Waals surface area contributed by atoms with Crippen molar-refractivity contribution < 1.29 is 4.79 Å². The molecular formula is C24H22N2O. The second kappa shape index (κ2) is 7.17. The minimum Gasteiger partial charge on any atom is -0.340 e. The molecule has 0 aliphatic carbocycles. The van der Waals surface area contributed by atoms with Gasteiger partial charge in [0.25, 0.3) is 5.91 Å². The van der Waals surface area contributed by atoms with E-state index in [9.17, 15) is 4.79 Å². The zero-order valence-electron chi connectivity index (χ0n) is 15.7. The minimum absolute atomic E-state index is 0.0753. The average molecular weight is 354 g/mol. The number of aryl methyl sites for hydroxylation is 2. The second-order valence-corrected chi connectivity index (χ2v) is 7.14. The van der Waals surface area contributed by atoms with E-state index in [0.29, 0.717) is 6.54 Å². The van der Waals surface area contributed by atoms with Crippen molar-refractivity contribution in [2.75, 3.05) is 6.54 Å². The molecule has 2 aromatic carbocycles. The van der Waals surface area contributed by atoms with Gasteiger partial charge in [-0.2, -0.15) is 0 Å². The summed E-state index contributed by atoms with van der Waals surface area (Å²) < 4.78 is 2.02. The molecule has 0 N–H and O–H groups in total. The third kappa shape index (κ3) is 3.80. The van der Waals surface area contributed by atoms with Gasteiger partial charge >= 0.3 is 0 Å². The summed E-state index contributed by atoms with van der Waals surface area (Å²) in [5, 5.41) is 0. The molecule has 4 rings (SSSR count). The number of amides is 1. The quantitative estimate of drug-likeness (QED) is 0.635. The summed E-state index contributed by atoms with van der Waals surface area (Å²) in [4.78, 5) is 14.8. The lowest BCUT2D eigenvalue weighted by molar-refractivity contribution is 0.0691. The Hall–Kier alpha value is -3.25. The van der Waals surface area contributed by atoms with Crippen LogP contribution in [0.5, 0.6) is 0 Å². The zero-order chi connectivity index (χ0) is 18.8. The lowest BCUT2D eigenvalue weighted by Gasteiger charge is -2.28. The van der Waals surface area contributed by atoms with Gasteiger partial charge in [0.1, 0.15) is 5.69 Å². The summed E-state index contributed by atoms with van der Waals surface area (Å²) in [6, 6.07) is 18.4. The van der Waals surface area contributed by atoms with Crippen LogP contribution in [0.15, 0.2) is 60.8 Å². The van der Waals surface area contributed by atoms with Crippen molar-refractivity contribution in [1.82, 2.24) is 9.47 Å². The van der Waals surface area contributed by atoms with Crippen molar-refractivity contribution >= 4 is 5.91 Å². The molecule has 1 aromatic heterocycles. The van der Waals surface area contributed by atoms with Crippen LogP contribution in [0.2, 0.25) is 0 Å². The molecule has 0 saturated carbocycles. The van der Waals surface area contributed by atoms with Crippen molar-refractivity contribution in [3.05, 3.63) is 94.3 Å². The highest BCUT2D eigenvalue weighted by Crippen LogP contribution is 2.19. The van der Waals surface area contributed by atoms with E-state index in [2.05, 4.69) is 56.0 Å². The van der Waals surface area contributed by atoms with Gasteiger partial charge in [0, 0.05) is 37.0 Å². The molecule has 1 aliphatic rings. The first-order chi connectivity index (χ1) is 13.1. The van der Waals surface area contributed by atoms with Gasteiger partial charge in [-0.05, 0) is 43.2 Å². The van der Waals surface area contributed by atoms with Crippen LogP contribution in [0.3, 0.4) is 0 Å². The Labute approximate surface area is 160 Å². The van der Waals surface area contributed by atoms with Crippen LogP contribution in [-0.4, -0.2) is 21.9 Å². The Bertz CT molecular complexity index is 1070. The average Bonchev–Trinajstić information content (AvgIpc) is 3.07. The predicted molar refractivity (Wildman–Crippen MR) is 108 cm³/mol. The lowest BCUT2D eigenvalue weighted by Crippen LogP contribution is -2.39. The van der Waals surface area contributed by atoms with Crippen molar-refractivity contribution in [1.29, 1.82) is 0 Å². The zero-order valence-corrected chi connectivity index (χ0v) is 15.7. The summed E-state index contributed by atoms with van der Waals surface area (Å²) in [6.07, 6.45) is 1.99. The van der Waals surface area contributed by atoms with E-state index in [1.54, 1.807) is 0 Å². The molecule has 0 spiro atoms. The molecule has 0 bridgehead atoms. The van der Waals surface area contributed by atoms with Crippen LogP contribution in [0.4, 0.5) is 0 Å². The van der Waals surface area contributed by atoms with Gasteiger partial charge in [-0.3, -0.25) is 4.79 Å².